The van der Waals surface area contributed by atoms with E-state index in [-0.39, 0.29) is 5.72 Å². The smallest absolute Gasteiger partial charge is 0.186 e. The van der Waals surface area contributed by atoms with Crippen molar-refractivity contribution < 1.29 is 4.74 Å². The summed E-state index contributed by atoms with van der Waals surface area (Å²) in [6.45, 7) is 2.25. The number of fused-ring (bicyclic) bond motifs is 2. The van der Waals surface area contributed by atoms with E-state index in [0.29, 0.717) is 10.0 Å². The number of halogens is 2. The highest BCUT2D eigenvalue weighted by Crippen LogP contribution is 2.49. The largest absolute Gasteiger partial charge is 0.467 e. The lowest BCUT2D eigenvalue weighted by Crippen LogP contribution is -2.55. The summed E-state index contributed by atoms with van der Waals surface area (Å²) in [5, 5.41) is 1.29. The summed E-state index contributed by atoms with van der Waals surface area (Å²) in [5.41, 5.74) is 2.18. The van der Waals surface area contributed by atoms with E-state index in [9.17, 15) is 0 Å². The van der Waals surface area contributed by atoms with Crippen molar-refractivity contribution in [1.82, 2.24) is 4.90 Å². The maximum atomic E-state index is 6.56. The van der Waals surface area contributed by atoms with Gasteiger partial charge in [0, 0.05) is 30.1 Å². The van der Waals surface area contributed by atoms with E-state index in [1.807, 2.05) is 6.07 Å². The monoisotopic (exact) mass is 323 g/mol. The average Bonchev–Trinajstić information content (AvgIpc) is 3.00. The van der Waals surface area contributed by atoms with Gasteiger partial charge in [0.05, 0.1) is 5.02 Å². The predicted molar refractivity (Wildman–Crippen MR) is 87.1 cm³/mol. The molecule has 2 aliphatic heterocycles. The predicted octanol–water partition coefficient (Wildman–Crippen LogP) is 5.14. The Labute approximate surface area is 135 Å². The van der Waals surface area contributed by atoms with Crippen LogP contribution in [0.2, 0.25) is 10.0 Å². The first-order valence-electron chi connectivity index (χ1n) is 7.83. The molecule has 1 aromatic carbocycles. The van der Waals surface area contributed by atoms with Gasteiger partial charge in [-0.2, -0.15) is 0 Å². The number of benzene rings is 1. The van der Waals surface area contributed by atoms with E-state index in [2.05, 4.69) is 11.0 Å². The summed E-state index contributed by atoms with van der Waals surface area (Å²) in [6.07, 6.45) is 9.44. The zero-order valence-electron chi connectivity index (χ0n) is 12.0. The van der Waals surface area contributed by atoms with Crippen molar-refractivity contribution in [3.63, 3.8) is 0 Å². The van der Waals surface area contributed by atoms with Crippen molar-refractivity contribution in [1.29, 1.82) is 0 Å². The van der Waals surface area contributed by atoms with Gasteiger partial charge in [-0.05, 0) is 55.9 Å². The van der Waals surface area contributed by atoms with E-state index in [1.54, 1.807) is 6.07 Å². The van der Waals surface area contributed by atoms with Gasteiger partial charge < -0.3 is 4.74 Å². The first kappa shape index (κ1) is 13.9. The Hall–Kier alpha value is -0.700. The summed E-state index contributed by atoms with van der Waals surface area (Å²) >= 11 is 12.5. The fourth-order valence-electron chi connectivity index (χ4n) is 3.99. The zero-order chi connectivity index (χ0) is 14.4. The van der Waals surface area contributed by atoms with Crippen LogP contribution in [0.4, 0.5) is 0 Å². The third kappa shape index (κ3) is 2.19. The van der Waals surface area contributed by atoms with Crippen LogP contribution in [0.3, 0.4) is 0 Å². The summed E-state index contributed by atoms with van der Waals surface area (Å²) in [6, 6.07) is 3.74. The van der Waals surface area contributed by atoms with Crippen molar-refractivity contribution in [3.8, 4) is 5.75 Å². The Morgan fingerprint density at radius 2 is 1.86 bits per heavy atom. The second-order valence-corrected chi connectivity index (χ2v) is 7.11. The molecule has 2 heterocycles. The van der Waals surface area contributed by atoms with Crippen LogP contribution in [0, 0.1) is 0 Å². The standard InChI is InChI=1S/C17H19Cl2NO/c18-14-10-12-9-13-5-1-2-6-17(13,20-7-3-4-8-20)21-16(12)15(19)11-14/h9-11H,1-8H2/t17-/m1/s1. The van der Waals surface area contributed by atoms with Crippen LogP contribution in [0.15, 0.2) is 17.7 Å². The van der Waals surface area contributed by atoms with Gasteiger partial charge in [0.1, 0.15) is 5.75 Å². The second kappa shape index (κ2) is 5.19. The maximum Gasteiger partial charge on any atom is 0.186 e. The molecular formula is C17H19Cl2NO. The summed E-state index contributed by atoms with van der Waals surface area (Å²) in [4.78, 5) is 2.52. The van der Waals surface area contributed by atoms with E-state index < -0.39 is 0 Å². The molecule has 0 spiro atoms. The minimum absolute atomic E-state index is 0.251. The summed E-state index contributed by atoms with van der Waals surface area (Å²) in [7, 11) is 0. The van der Waals surface area contributed by atoms with Crippen LogP contribution < -0.4 is 4.74 Å². The van der Waals surface area contributed by atoms with Crippen molar-refractivity contribution >= 4 is 29.3 Å². The molecule has 0 bridgehead atoms. The lowest BCUT2D eigenvalue weighted by molar-refractivity contribution is -0.0612. The molecule has 0 aromatic heterocycles. The molecule has 3 aliphatic rings. The molecular weight excluding hydrogens is 305 g/mol. The van der Waals surface area contributed by atoms with Crippen molar-refractivity contribution in [2.45, 2.75) is 44.2 Å². The van der Waals surface area contributed by atoms with E-state index in [0.717, 1.165) is 37.2 Å². The maximum absolute atomic E-state index is 6.56. The molecule has 2 nitrogen and oxygen atoms in total. The van der Waals surface area contributed by atoms with Gasteiger partial charge in [-0.3, -0.25) is 4.90 Å². The molecule has 2 fully saturated rings. The quantitative estimate of drug-likeness (QED) is 0.709. The number of nitrogens with zero attached hydrogens (tertiary/aromatic N) is 1. The number of hydrogen-bond donors (Lipinski definition) is 0. The third-order valence-electron chi connectivity index (χ3n) is 4.97. The number of likely N-dealkylation sites (tertiary alicyclic amines) is 1. The Balaban J connectivity index is 1.83. The third-order valence-corrected chi connectivity index (χ3v) is 5.47. The van der Waals surface area contributed by atoms with Crippen molar-refractivity contribution in [2.75, 3.05) is 13.1 Å². The van der Waals surface area contributed by atoms with Gasteiger partial charge in [-0.15, -0.1) is 0 Å². The molecule has 21 heavy (non-hydrogen) atoms. The topological polar surface area (TPSA) is 12.5 Å². The molecule has 0 amide bonds. The molecule has 1 aromatic rings. The minimum Gasteiger partial charge on any atom is -0.467 e. The Bertz CT molecular complexity index is 607. The molecule has 1 saturated heterocycles. The van der Waals surface area contributed by atoms with Gasteiger partial charge in [0.15, 0.2) is 5.72 Å². The average molecular weight is 324 g/mol. The van der Waals surface area contributed by atoms with Crippen molar-refractivity contribution in [3.05, 3.63) is 33.3 Å². The first-order chi connectivity index (χ1) is 10.2. The Morgan fingerprint density at radius 3 is 2.67 bits per heavy atom. The van der Waals surface area contributed by atoms with Crippen LogP contribution in [0.5, 0.6) is 5.75 Å². The highest BCUT2D eigenvalue weighted by molar-refractivity contribution is 6.36. The van der Waals surface area contributed by atoms with E-state index >= 15 is 0 Å². The van der Waals surface area contributed by atoms with Crippen LogP contribution in [-0.2, 0) is 0 Å². The highest BCUT2D eigenvalue weighted by Gasteiger charge is 2.47. The van der Waals surface area contributed by atoms with Gasteiger partial charge >= 0.3 is 0 Å². The highest BCUT2D eigenvalue weighted by atomic mass is 35.5. The normalized spacial score (nSPS) is 28.6. The molecule has 1 atom stereocenters. The van der Waals surface area contributed by atoms with Crippen LogP contribution >= 0.6 is 23.2 Å². The zero-order valence-corrected chi connectivity index (χ0v) is 13.5. The lowest BCUT2D eigenvalue weighted by Gasteiger charge is -2.48. The van der Waals surface area contributed by atoms with Gasteiger partial charge in [0.25, 0.3) is 0 Å². The molecule has 1 saturated carbocycles. The van der Waals surface area contributed by atoms with Crippen molar-refractivity contribution in [2.24, 2.45) is 0 Å². The molecule has 112 valence electrons. The van der Waals surface area contributed by atoms with Crippen LogP contribution in [-0.4, -0.2) is 23.7 Å². The van der Waals surface area contributed by atoms with Gasteiger partial charge in [0.2, 0.25) is 0 Å². The number of hydrogen-bond acceptors (Lipinski definition) is 2. The lowest BCUT2D eigenvalue weighted by atomic mass is 9.82. The van der Waals surface area contributed by atoms with E-state index in [1.165, 1.54) is 31.3 Å². The fourth-order valence-corrected chi connectivity index (χ4v) is 4.54. The van der Waals surface area contributed by atoms with Crippen LogP contribution in [0.1, 0.15) is 44.1 Å². The van der Waals surface area contributed by atoms with E-state index in [4.69, 9.17) is 27.9 Å². The van der Waals surface area contributed by atoms with Gasteiger partial charge in [-0.25, -0.2) is 0 Å². The molecule has 0 radical (unpaired) electrons. The Morgan fingerprint density at radius 1 is 1.05 bits per heavy atom. The first-order valence-corrected chi connectivity index (χ1v) is 8.59. The summed E-state index contributed by atoms with van der Waals surface area (Å²) in [5.74, 6) is 0.804. The summed E-state index contributed by atoms with van der Waals surface area (Å²) < 4.78 is 6.56. The molecule has 4 rings (SSSR count). The minimum atomic E-state index is -0.251. The van der Waals surface area contributed by atoms with Crippen LogP contribution in [0.25, 0.3) is 6.08 Å². The Kier molecular flexibility index (Phi) is 3.44. The number of ether oxygens (including phenoxy) is 1. The molecule has 4 heteroatoms. The fraction of sp³-hybridized carbons (Fsp3) is 0.529. The SMILES string of the molecule is Clc1cc(Cl)c2c(c1)C=C1CCCC[C@@]1(N1CCCC1)O2. The van der Waals surface area contributed by atoms with Gasteiger partial charge in [-0.1, -0.05) is 23.2 Å². The molecule has 0 N–H and O–H groups in total. The molecule has 0 unspecified atom stereocenters. The second-order valence-electron chi connectivity index (χ2n) is 6.26. The molecule has 1 aliphatic carbocycles. The number of rotatable bonds is 1.